The van der Waals surface area contributed by atoms with Gasteiger partial charge in [0.1, 0.15) is 54.9 Å². The molecule has 0 saturated carbocycles. The molecule has 0 bridgehead atoms. The molecule has 12 heterocycles. The number of hydrogen-bond donors (Lipinski definition) is 8. The van der Waals surface area contributed by atoms with Crippen LogP contribution in [0.15, 0.2) is 108 Å². The molecule has 7 unspecified atom stereocenters. The van der Waals surface area contributed by atoms with Gasteiger partial charge in [0.15, 0.2) is 95.5 Å². The van der Waals surface area contributed by atoms with Crippen LogP contribution in [0.2, 0.25) is 18.1 Å². The molecule has 117 heavy (non-hydrogen) atoms. The first-order valence-corrected chi connectivity index (χ1v) is 46.2. The summed E-state index contributed by atoms with van der Waals surface area (Å²) >= 11 is 0. The van der Waals surface area contributed by atoms with Crippen LogP contribution in [0.25, 0.3) is 44.7 Å². The molecule has 628 valence electrons. The summed E-state index contributed by atoms with van der Waals surface area (Å²) in [5.41, 5.74) is 2.47. The Kier molecular flexibility index (Phi) is 29.8. The van der Waals surface area contributed by atoms with E-state index in [1.807, 2.05) is 22.8 Å². The molecule has 4 aliphatic rings. The van der Waals surface area contributed by atoms with Gasteiger partial charge in [0, 0.05) is 52.8 Å². The van der Waals surface area contributed by atoms with Crippen LogP contribution in [0, 0.1) is 43.9 Å². The number of carbonyl (C=O) groups is 2. The van der Waals surface area contributed by atoms with Crippen LogP contribution >= 0.6 is 32.3 Å². The summed E-state index contributed by atoms with van der Waals surface area (Å²) in [6, 6.07) is 17.6. The SMILES string of the molecule is C.C#CC.CC[C@H]1O[C@@H](n2cnc3c(NC(=O)c4ccccc4)ncnc32)[C@@H](O[Si](C)(C)C(C)(C)C)C1OP(C)C.Cc1nc2c(ncn2[C@@H]2O[C@H](CO)C(C)[C@@H]2O[P+](=O)O)c(=O)[nH]1.Cc1nc2c(ncn2[C@@H]2O[C@H](COP(C)(=O)OC3[C@@H](CO)O[C@@H](n4cnc5c(NC(=O)c6ccccc6)ncnc54)[C@H]3C)C(C)[C@@H]2O[P+](=O)O)c(=O)[nH]1. The van der Waals surface area contributed by atoms with Gasteiger partial charge in [-0.15, -0.1) is 31.2 Å². The Hall–Kier alpha value is -8.74. The van der Waals surface area contributed by atoms with Gasteiger partial charge in [-0.25, -0.2) is 49.8 Å². The van der Waals surface area contributed by atoms with E-state index in [9.17, 15) is 48.0 Å². The van der Waals surface area contributed by atoms with Gasteiger partial charge in [0.2, 0.25) is 0 Å². The van der Waals surface area contributed by atoms with E-state index >= 15 is 0 Å². The van der Waals surface area contributed by atoms with Crippen LogP contribution in [0.1, 0.15) is 127 Å². The highest BCUT2D eigenvalue weighted by molar-refractivity contribution is 7.53. The first-order valence-electron chi connectivity index (χ1n) is 36.8. The van der Waals surface area contributed by atoms with Gasteiger partial charge in [-0.1, -0.05) is 92.3 Å². The summed E-state index contributed by atoms with van der Waals surface area (Å²) in [6.07, 6.45) is 5.18. The molecule has 8 N–H and O–H groups in total. The number of rotatable bonds is 24. The lowest BCUT2D eigenvalue weighted by Crippen LogP contribution is -2.48. The molecule has 19 atom stereocenters. The van der Waals surface area contributed by atoms with Crippen molar-refractivity contribution in [3.63, 3.8) is 0 Å². The molecular weight excluding hydrogens is 1620 g/mol. The van der Waals surface area contributed by atoms with Crippen molar-refractivity contribution in [2.24, 2.45) is 17.8 Å². The van der Waals surface area contributed by atoms with Crippen LogP contribution in [0.4, 0.5) is 11.6 Å². The summed E-state index contributed by atoms with van der Waals surface area (Å²) < 4.78 is 104. The van der Waals surface area contributed by atoms with Gasteiger partial charge in [0.05, 0.1) is 63.4 Å². The Morgan fingerprint density at radius 3 is 1.44 bits per heavy atom. The lowest BCUT2D eigenvalue weighted by Gasteiger charge is -2.40. The number of carbonyl (C=O) groups excluding carboxylic acids is 2. The van der Waals surface area contributed by atoms with Gasteiger partial charge < -0.3 is 67.8 Å². The zero-order chi connectivity index (χ0) is 84.0. The largest absolute Gasteiger partial charge is 0.695 e. The molecule has 2 aromatic carbocycles. The summed E-state index contributed by atoms with van der Waals surface area (Å²) in [5, 5.41) is 25.3. The first-order chi connectivity index (χ1) is 55.1. The van der Waals surface area contributed by atoms with E-state index < -0.39 is 126 Å². The fourth-order valence-corrected chi connectivity index (χ4v) is 17.8. The van der Waals surface area contributed by atoms with Crippen molar-refractivity contribution in [1.82, 2.24) is 78.1 Å². The van der Waals surface area contributed by atoms with E-state index in [2.05, 4.69) is 137 Å². The molecule has 0 aliphatic carbocycles. The van der Waals surface area contributed by atoms with Gasteiger partial charge in [-0.3, -0.25) is 42.0 Å². The Morgan fingerprint density at radius 2 is 1.02 bits per heavy atom. The zero-order valence-corrected chi connectivity index (χ0v) is 70.7. The molecule has 8 aromatic heterocycles. The third-order valence-corrected chi connectivity index (χ3v) is 27.6. The number of benzene rings is 2. The number of aryl methyl sites for hydroxylation is 2. The van der Waals surface area contributed by atoms with Gasteiger partial charge in [-0.2, -0.15) is 0 Å². The summed E-state index contributed by atoms with van der Waals surface area (Å²) in [5.74, 6) is 1.45. The van der Waals surface area contributed by atoms with Crippen LogP contribution in [-0.4, -0.2) is 213 Å². The minimum absolute atomic E-state index is 0. The topological polar surface area (TPSA) is 497 Å². The van der Waals surface area contributed by atoms with E-state index in [4.69, 9.17) is 50.9 Å². The molecule has 44 heteroatoms. The van der Waals surface area contributed by atoms with Crippen molar-refractivity contribution in [3.8, 4) is 12.3 Å². The van der Waals surface area contributed by atoms with Crippen molar-refractivity contribution in [2.75, 3.05) is 50.4 Å². The highest BCUT2D eigenvalue weighted by atomic mass is 31.2. The quantitative estimate of drug-likeness (QED) is 0.0158. The lowest BCUT2D eigenvalue weighted by atomic mass is 10.0. The fraction of sp³-hybridized carbons (Fsp3) is 0.507. The minimum Gasteiger partial charge on any atom is -0.407 e. The maximum absolute atomic E-state index is 13.8. The van der Waals surface area contributed by atoms with E-state index in [0.29, 0.717) is 50.9 Å². The summed E-state index contributed by atoms with van der Waals surface area (Å²) in [4.78, 5) is 117. The fourth-order valence-electron chi connectivity index (χ4n) is 13.5. The molecule has 4 saturated heterocycles. The van der Waals surface area contributed by atoms with Crippen LogP contribution in [-0.2, 0) is 59.7 Å². The van der Waals surface area contributed by atoms with E-state index in [1.165, 1.54) is 47.4 Å². The van der Waals surface area contributed by atoms with E-state index in [0.717, 1.165) is 6.42 Å². The van der Waals surface area contributed by atoms with Gasteiger partial charge >= 0.3 is 24.1 Å². The number of aliphatic hydroxyl groups excluding tert-OH is 2. The number of aliphatic hydroxyl groups is 2. The third-order valence-electron chi connectivity index (χ3n) is 20.3. The average molecular weight is 1720 g/mol. The Balaban J connectivity index is 0.000000195. The third kappa shape index (κ3) is 20.2. The second kappa shape index (κ2) is 38.5. The molecule has 4 aliphatic heterocycles. The number of nitrogens with zero attached hydrogens (tertiary/aromatic N) is 14. The number of terminal acetylenes is 1. The molecule has 39 nitrogen and oxygen atoms in total. The van der Waals surface area contributed by atoms with Crippen LogP contribution in [0.3, 0.4) is 0 Å². The number of aromatic amines is 2. The van der Waals surface area contributed by atoms with Crippen molar-refractivity contribution >= 4 is 109 Å². The number of amides is 2. The molecular formula is C73H98N18O21P4Si+2. The minimum atomic E-state index is -3.89. The number of imidazole rings is 4. The number of nitrogens with one attached hydrogen (secondary N) is 4. The molecule has 4 fully saturated rings. The standard InChI is InChI=1S/C31H35N9O11P2.C26H38N5O4PSi.C12H15N4O6P.C3H4.CH4/c1-15-20(49-31(24(15)50-52(44)45)40-14-35-22-27(40)36-17(3)37-29(22)43)11-47-53(4,46)51-23-16(2)30(48-19(23)10-41)39-13-34-21-25(32-12-33-26(21)39)38-28(42)18-8-6-5-7-9-18;1-9-18-20(34-36(5)6)21(35-37(7,8)26(2,3)4)25(33-18)31-16-29-19-22(27-15-28-23(19)31)30-24(32)17-13-11-10-12-14-17;1-5-7(3-17)21-12(9(5)22-23(19)20)16-4-13-8-10(16)14-6(2)15-11(8)18;1-3-2;/h5-9,12-16,19-20,23-24,30-31,41H,10-11H2,1-4H3,(H2-,32,33,36,37,38,42,43,44,45);10-16,18,20-21,25H,9H2,1-8H3,(H,27,28,30,32);4-5,7,9,12,17H,3H2,1-2H3,(H-,14,15,18,19,20);1H,2H3;1H4/p+2/t15?,16-,19+,20+,23?,24-,30+,31+,53?;18-,20?,21+,25-;5?,7-,9+,12-;;/m011../s1. The first kappa shape index (κ1) is 90.6. The predicted octanol–water partition coefficient (Wildman–Crippen LogP) is 9.92. The maximum atomic E-state index is 13.8. The van der Waals surface area contributed by atoms with Crippen molar-refractivity contribution in [3.05, 3.63) is 142 Å². The Labute approximate surface area is 676 Å². The molecule has 14 rings (SSSR count). The second-order valence-electron chi connectivity index (χ2n) is 29.6. The maximum Gasteiger partial charge on any atom is 0.695 e. The Morgan fingerprint density at radius 1 is 0.615 bits per heavy atom. The van der Waals surface area contributed by atoms with Gasteiger partial charge in [-0.05, 0) is 82.9 Å². The van der Waals surface area contributed by atoms with Crippen molar-refractivity contribution in [1.29, 1.82) is 0 Å². The number of hydrogen-bond acceptors (Lipinski definition) is 29. The van der Waals surface area contributed by atoms with Crippen molar-refractivity contribution < 1.29 is 89.3 Å². The van der Waals surface area contributed by atoms with E-state index in [1.54, 1.807) is 94.9 Å². The summed E-state index contributed by atoms with van der Waals surface area (Å²) in [6.45, 7) is 27.9. The highest BCUT2D eigenvalue weighted by Crippen LogP contribution is 2.53. The van der Waals surface area contributed by atoms with Gasteiger partial charge in [0.25, 0.3) is 22.9 Å². The number of anilines is 2. The normalized spacial score (nSPS) is 25.2. The number of H-pyrrole nitrogens is 2. The zero-order valence-electron chi connectivity index (χ0n) is 66.2. The molecule has 10 aromatic rings. The molecule has 2 amide bonds. The molecule has 0 radical (unpaired) electrons. The Bertz CT molecular complexity index is 5380. The number of aromatic nitrogens is 16. The summed E-state index contributed by atoms with van der Waals surface area (Å²) in [7, 11) is -12.6. The smallest absolute Gasteiger partial charge is 0.407 e. The average Bonchev–Trinajstić information content (AvgIpc) is 1.62. The molecule has 0 spiro atoms. The van der Waals surface area contributed by atoms with Crippen LogP contribution in [0.5, 0.6) is 0 Å². The number of fused-ring (bicyclic) bond motifs is 4. The van der Waals surface area contributed by atoms with Crippen LogP contribution < -0.4 is 21.8 Å². The highest BCUT2D eigenvalue weighted by Gasteiger charge is 2.54. The lowest BCUT2D eigenvalue weighted by molar-refractivity contribution is -0.0498. The number of ether oxygens (including phenoxy) is 4. The van der Waals surface area contributed by atoms with Crippen molar-refractivity contribution in [2.45, 2.75) is 181 Å². The predicted molar refractivity (Wildman–Crippen MR) is 434 cm³/mol. The monoisotopic (exact) mass is 1710 g/mol. The second-order valence-corrected chi connectivity index (χ2v) is 39.5. The van der Waals surface area contributed by atoms with E-state index in [-0.39, 0.29) is 95.4 Å².